The number of carbonyl (C=O) groups is 1. The lowest BCUT2D eigenvalue weighted by Gasteiger charge is -2.27. The van der Waals surface area contributed by atoms with Crippen LogP contribution in [0.25, 0.3) is 28.4 Å². The molecule has 0 atom stereocenters. The average molecular weight is 419 g/mol. The summed E-state index contributed by atoms with van der Waals surface area (Å²) in [5, 5.41) is 12.7. The van der Waals surface area contributed by atoms with Crippen LogP contribution in [0.1, 0.15) is 28.9 Å². The molecule has 1 amide bonds. The van der Waals surface area contributed by atoms with Gasteiger partial charge in [-0.25, -0.2) is 9.67 Å². The quantitative estimate of drug-likeness (QED) is 0.461. The number of nitrogens with zero attached hydrogens (tertiary/aromatic N) is 6. The summed E-state index contributed by atoms with van der Waals surface area (Å²) in [6, 6.07) is 11.6. The summed E-state index contributed by atoms with van der Waals surface area (Å²) < 4.78 is 6.98. The number of fused-ring (bicyclic) bond motifs is 4. The number of hydrogen-bond donors (Lipinski definition) is 0. The van der Waals surface area contributed by atoms with Gasteiger partial charge in [0.25, 0.3) is 11.8 Å². The van der Waals surface area contributed by atoms with E-state index >= 15 is 0 Å². The van der Waals surface area contributed by atoms with Crippen molar-refractivity contribution >= 4 is 17.5 Å². The zero-order chi connectivity index (χ0) is 20.5. The van der Waals surface area contributed by atoms with Crippen molar-refractivity contribution in [3.8, 4) is 28.4 Å². The third-order valence-electron chi connectivity index (χ3n) is 5.97. The molecule has 6 rings (SSSR count). The Hall–Kier alpha value is -3.52. The molecular weight excluding hydrogens is 404 g/mol. The lowest BCUT2D eigenvalue weighted by molar-refractivity contribution is 0.0704. The van der Waals surface area contributed by atoms with Gasteiger partial charge in [0.2, 0.25) is 6.39 Å². The predicted octanol–water partition coefficient (Wildman–Crippen LogP) is 3.71. The van der Waals surface area contributed by atoms with Gasteiger partial charge in [-0.15, -0.1) is 10.2 Å². The van der Waals surface area contributed by atoms with Crippen LogP contribution in [0.5, 0.6) is 0 Å². The Balaban J connectivity index is 1.59. The fourth-order valence-corrected chi connectivity index (χ4v) is 4.31. The maximum atomic E-state index is 13.3. The fourth-order valence-electron chi connectivity index (χ4n) is 4.20. The lowest BCUT2D eigenvalue weighted by Crippen LogP contribution is -2.36. The van der Waals surface area contributed by atoms with E-state index in [1.807, 2.05) is 24.1 Å². The number of pyridine rings is 1. The van der Waals surface area contributed by atoms with E-state index in [9.17, 15) is 4.79 Å². The van der Waals surface area contributed by atoms with Crippen molar-refractivity contribution in [3.05, 3.63) is 65.4 Å². The van der Waals surface area contributed by atoms with Crippen LogP contribution in [0, 0.1) is 0 Å². The van der Waals surface area contributed by atoms with Gasteiger partial charge in [0.15, 0.2) is 5.69 Å². The van der Waals surface area contributed by atoms with Crippen molar-refractivity contribution in [2.45, 2.75) is 18.4 Å². The van der Waals surface area contributed by atoms with Crippen molar-refractivity contribution in [3.63, 3.8) is 0 Å². The van der Waals surface area contributed by atoms with Crippen LogP contribution in [0.15, 0.2) is 53.4 Å². The van der Waals surface area contributed by atoms with Gasteiger partial charge in [-0.05, 0) is 36.6 Å². The maximum Gasteiger partial charge on any atom is 0.273 e. The molecule has 0 unspecified atom stereocenters. The van der Waals surface area contributed by atoms with Crippen LogP contribution >= 0.6 is 11.6 Å². The Morgan fingerprint density at radius 1 is 1.13 bits per heavy atom. The molecule has 1 aromatic carbocycles. The van der Waals surface area contributed by atoms with Gasteiger partial charge in [0, 0.05) is 30.4 Å². The monoisotopic (exact) mass is 418 g/mol. The third-order valence-corrected chi connectivity index (χ3v) is 6.19. The van der Waals surface area contributed by atoms with Gasteiger partial charge in [-0.3, -0.25) is 4.79 Å². The van der Waals surface area contributed by atoms with Crippen molar-refractivity contribution < 1.29 is 9.21 Å². The summed E-state index contributed by atoms with van der Waals surface area (Å²) in [5.74, 6) is 0.184. The number of benzene rings is 1. The molecule has 1 fully saturated rings. The molecule has 9 heteroatoms. The standard InChI is InChI=1S/C21H15ClN6O2/c1-27-20(29)17-9-15(19-25-24-11-30-19)26-28(17)16-8-12(13-3-5-18(22)23-10-13)2-4-14(16)21(27)6-7-21/h2-5,8-11H,6-7H2,1H3. The van der Waals surface area contributed by atoms with E-state index in [1.54, 1.807) is 23.0 Å². The maximum absolute atomic E-state index is 13.3. The van der Waals surface area contributed by atoms with Gasteiger partial charge < -0.3 is 9.32 Å². The average Bonchev–Trinajstić information content (AvgIpc) is 3.19. The zero-order valence-corrected chi connectivity index (χ0v) is 16.7. The van der Waals surface area contributed by atoms with E-state index in [1.165, 1.54) is 6.39 Å². The van der Waals surface area contributed by atoms with Gasteiger partial charge >= 0.3 is 0 Å². The largest absolute Gasteiger partial charge is 0.422 e. The SMILES string of the molecule is CN1C(=O)c2cc(-c3nnco3)nn2-c2cc(-c3ccc(Cl)nc3)ccc2C12CC2. The normalized spacial score (nSPS) is 16.3. The summed E-state index contributed by atoms with van der Waals surface area (Å²) in [4.78, 5) is 19.3. The highest BCUT2D eigenvalue weighted by atomic mass is 35.5. The molecule has 3 aromatic heterocycles. The summed E-state index contributed by atoms with van der Waals surface area (Å²) in [7, 11) is 1.85. The molecule has 4 aromatic rings. The summed E-state index contributed by atoms with van der Waals surface area (Å²) in [5.41, 5.74) is 4.45. The molecule has 0 radical (unpaired) electrons. The van der Waals surface area contributed by atoms with Crippen molar-refractivity contribution in [1.82, 2.24) is 29.9 Å². The van der Waals surface area contributed by atoms with Crippen LogP contribution < -0.4 is 0 Å². The Morgan fingerprint density at radius 2 is 1.97 bits per heavy atom. The van der Waals surface area contributed by atoms with Crippen LogP contribution in [0.4, 0.5) is 0 Å². The smallest absolute Gasteiger partial charge is 0.273 e. The molecular formula is C21H15ClN6O2. The third kappa shape index (κ3) is 2.37. The number of hydrogen-bond acceptors (Lipinski definition) is 6. The Kier molecular flexibility index (Phi) is 3.47. The number of aromatic nitrogens is 5. The second kappa shape index (κ2) is 5.99. The van der Waals surface area contributed by atoms with Crippen LogP contribution in [0.2, 0.25) is 5.15 Å². The van der Waals surface area contributed by atoms with Gasteiger partial charge in [0.05, 0.1) is 11.2 Å². The fraction of sp³-hybridized carbons (Fsp3) is 0.190. The summed E-state index contributed by atoms with van der Waals surface area (Å²) >= 11 is 5.94. The molecule has 1 aliphatic heterocycles. The first kappa shape index (κ1) is 17.3. The second-order valence-electron chi connectivity index (χ2n) is 7.57. The number of halogens is 1. The number of rotatable bonds is 2. The van der Waals surface area contributed by atoms with Crippen LogP contribution in [0.3, 0.4) is 0 Å². The molecule has 0 bridgehead atoms. The molecule has 0 saturated heterocycles. The van der Waals surface area contributed by atoms with Gasteiger partial charge in [-0.1, -0.05) is 23.7 Å². The molecule has 4 heterocycles. The second-order valence-corrected chi connectivity index (χ2v) is 7.96. The molecule has 1 saturated carbocycles. The Labute approximate surface area is 176 Å². The molecule has 30 heavy (non-hydrogen) atoms. The summed E-state index contributed by atoms with van der Waals surface area (Å²) in [6.07, 6.45) is 4.82. The van der Waals surface area contributed by atoms with Gasteiger partial charge in [-0.2, -0.15) is 5.10 Å². The van der Waals surface area contributed by atoms with E-state index in [2.05, 4.69) is 32.4 Å². The first-order chi connectivity index (χ1) is 14.6. The van der Waals surface area contributed by atoms with Crippen molar-refractivity contribution in [2.24, 2.45) is 0 Å². The van der Waals surface area contributed by atoms with Crippen LogP contribution in [-0.2, 0) is 5.54 Å². The summed E-state index contributed by atoms with van der Waals surface area (Å²) in [6.45, 7) is 0. The highest BCUT2D eigenvalue weighted by Crippen LogP contribution is 2.54. The zero-order valence-electron chi connectivity index (χ0n) is 15.9. The molecule has 1 aliphatic carbocycles. The van der Waals surface area contributed by atoms with Gasteiger partial charge in [0.1, 0.15) is 10.8 Å². The number of carbonyl (C=O) groups excluding carboxylic acids is 1. The Morgan fingerprint density at radius 3 is 2.67 bits per heavy atom. The molecule has 1 spiro atoms. The lowest BCUT2D eigenvalue weighted by atomic mass is 9.97. The molecule has 8 nitrogen and oxygen atoms in total. The first-order valence-electron chi connectivity index (χ1n) is 9.48. The van der Waals surface area contributed by atoms with Crippen molar-refractivity contribution in [2.75, 3.05) is 7.05 Å². The molecule has 0 N–H and O–H groups in total. The molecule has 148 valence electrons. The van der Waals surface area contributed by atoms with Crippen LogP contribution in [-0.4, -0.2) is 42.8 Å². The highest BCUT2D eigenvalue weighted by molar-refractivity contribution is 6.29. The minimum atomic E-state index is -0.297. The predicted molar refractivity (Wildman–Crippen MR) is 108 cm³/mol. The minimum absolute atomic E-state index is 0.0864. The van der Waals surface area contributed by atoms with E-state index in [0.717, 1.165) is 35.2 Å². The topological polar surface area (TPSA) is 89.9 Å². The van der Waals surface area contributed by atoms with E-state index < -0.39 is 0 Å². The van der Waals surface area contributed by atoms with E-state index in [0.29, 0.717) is 16.5 Å². The minimum Gasteiger partial charge on any atom is -0.422 e. The van der Waals surface area contributed by atoms with E-state index in [4.69, 9.17) is 16.0 Å². The van der Waals surface area contributed by atoms with Crippen molar-refractivity contribution in [1.29, 1.82) is 0 Å². The highest BCUT2D eigenvalue weighted by Gasteiger charge is 2.53. The van der Waals surface area contributed by atoms with E-state index in [-0.39, 0.29) is 17.3 Å². The molecule has 2 aliphatic rings. The first-order valence-corrected chi connectivity index (χ1v) is 9.86. The Bertz CT molecular complexity index is 1290. The number of amides is 1.